The van der Waals surface area contributed by atoms with Crippen LogP contribution in [-0.4, -0.2) is 78.1 Å². The second-order valence-corrected chi connectivity index (χ2v) is 7.46. The summed E-state index contributed by atoms with van der Waals surface area (Å²) in [5.74, 6) is -0.234. The highest BCUT2D eigenvalue weighted by molar-refractivity contribution is 7.88. The minimum absolute atomic E-state index is 0.132. The van der Waals surface area contributed by atoms with Crippen molar-refractivity contribution in [3.05, 3.63) is 24.3 Å². The molecule has 2 aliphatic heterocycles. The van der Waals surface area contributed by atoms with E-state index >= 15 is 0 Å². The highest BCUT2D eigenvalue weighted by atomic mass is 32.2. The molecule has 0 aliphatic carbocycles. The molecule has 120 valence electrons. The molecule has 1 aromatic rings. The van der Waals surface area contributed by atoms with Crippen LogP contribution in [0.15, 0.2) is 18.6 Å². The fourth-order valence-corrected chi connectivity index (χ4v) is 3.81. The molecule has 0 bridgehead atoms. The lowest BCUT2D eigenvalue weighted by molar-refractivity contribution is -0.0803. The molecular weight excluding hydrogens is 308 g/mol. The monoisotopic (exact) mass is 326 g/mol. The maximum Gasteiger partial charge on any atom is 0.274 e. The number of rotatable bonds is 2. The topological polar surface area (TPSA) is 92.7 Å². The Morgan fingerprint density at radius 3 is 2.86 bits per heavy atom. The summed E-state index contributed by atoms with van der Waals surface area (Å²) in [7, 11) is -3.28. The van der Waals surface area contributed by atoms with Gasteiger partial charge in [0.1, 0.15) is 5.69 Å². The number of amides is 1. The number of fused-ring (bicyclic) bond motifs is 1. The van der Waals surface area contributed by atoms with Crippen molar-refractivity contribution in [1.82, 2.24) is 19.2 Å². The van der Waals surface area contributed by atoms with E-state index in [0.29, 0.717) is 26.1 Å². The summed E-state index contributed by atoms with van der Waals surface area (Å²) in [6.07, 6.45) is 6.03. The third kappa shape index (κ3) is 2.96. The van der Waals surface area contributed by atoms with Gasteiger partial charge in [0.25, 0.3) is 5.91 Å². The van der Waals surface area contributed by atoms with Gasteiger partial charge in [-0.25, -0.2) is 13.4 Å². The average Bonchev–Trinajstić information content (AvgIpc) is 2.53. The average molecular weight is 326 g/mol. The first-order valence-electron chi connectivity index (χ1n) is 7.10. The van der Waals surface area contributed by atoms with E-state index in [1.807, 2.05) is 0 Å². The molecule has 2 aliphatic rings. The van der Waals surface area contributed by atoms with Gasteiger partial charge >= 0.3 is 0 Å². The molecule has 2 saturated heterocycles. The van der Waals surface area contributed by atoms with Gasteiger partial charge in [-0.1, -0.05) is 0 Å². The van der Waals surface area contributed by atoms with Gasteiger partial charge in [0.15, 0.2) is 0 Å². The zero-order valence-corrected chi connectivity index (χ0v) is 13.1. The van der Waals surface area contributed by atoms with Gasteiger partial charge < -0.3 is 9.64 Å². The molecule has 0 N–H and O–H groups in total. The van der Waals surface area contributed by atoms with Crippen LogP contribution in [0.3, 0.4) is 0 Å². The number of aromatic nitrogens is 2. The van der Waals surface area contributed by atoms with Crippen LogP contribution in [0.4, 0.5) is 0 Å². The number of carbonyl (C=O) groups is 1. The number of hydrogen-bond donors (Lipinski definition) is 0. The first-order valence-corrected chi connectivity index (χ1v) is 8.95. The van der Waals surface area contributed by atoms with Gasteiger partial charge in [-0.05, 0) is 6.42 Å². The van der Waals surface area contributed by atoms with Crippen molar-refractivity contribution in [2.75, 3.05) is 32.5 Å². The van der Waals surface area contributed by atoms with Crippen molar-refractivity contribution >= 4 is 15.9 Å². The molecule has 3 heterocycles. The Labute approximate surface area is 129 Å². The van der Waals surface area contributed by atoms with Gasteiger partial charge in [-0.3, -0.25) is 9.78 Å². The lowest BCUT2D eigenvalue weighted by atomic mass is 10.00. The number of hydrogen-bond acceptors (Lipinski definition) is 6. The Kier molecular flexibility index (Phi) is 4.11. The van der Waals surface area contributed by atoms with E-state index in [1.54, 1.807) is 4.90 Å². The van der Waals surface area contributed by atoms with Crippen molar-refractivity contribution in [2.45, 2.75) is 18.6 Å². The predicted octanol–water partition coefficient (Wildman–Crippen LogP) is -0.648. The van der Waals surface area contributed by atoms with Crippen molar-refractivity contribution < 1.29 is 17.9 Å². The summed E-state index contributed by atoms with van der Waals surface area (Å²) in [6, 6.07) is -0.285. The molecule has 0 unspecified atom stereocenters. The van der Waals surface area contributed by atoms with Gasteiger partial charge in [-0.15, -0.1) is 0 Å². The third-order valence-electron chi connectivity index (χ3n) is 4.06. The number of ether oxygens (including phenoxy) is 1. The fourth-order valence-electron chi connectivity index (χ4n) is 2.95. The van der Waals surface area contributed by atoms with E-state index in [9.17, 15) is 13.2 Å². The molecule has 3 rings (SSSR count). The first-order chi connectivity index (χ1) is 10.5. The summed E-state index contributed by atoms with van der Waals surface area (Å²) >= 11 is 0. The Balaban J connectivity index is 1.83. The van der Waals surface area contributed by atoms with Crippen LogP contribution in [0.2, 0.25) is 0 Å². The van der Waals surface area contributed by atoms with E-state index in [-0.39, 0.29) is 30.3 Å². The summed E-state index contributed by atoms with van der Waals surface area (Å²) in [6.45, 7) is 1.56. The second-order valence-electron chi connectivity index (χ2n) is 5.48. The molecule has 1 amide bonds. The maximum atomic E-state index is 12.6. The van der Waals surface area contributed by atoms with Crippen molar-refractivity contribution in [3.63, 3.8) is 0 Å². The summed E-state index contributed by atoms with van der Waals surface area (Å²) in [5.41, 5.74) is 0.264. The zero-order chi connectivity index (χ0) is 15.7. The molecule has 0 saturated carbocycles. The second kappa shape index (κ2) is 5.90. The van der Waals surface area contributed by atoms with Crippen LogP contribution >= 0.6 is 0 Å². The number of sulfonamides is 1. The number of nitrogens with zero attached hydrogens (tertiary/aromatic N) is 4. The van der Waals surface area contributed by atoms with E-state index in [4.69, 9.17) is 4.74 Å². The molecule has 2 fully saturated rings. The van der Waals surface area contributed by atoms with Crippen LogP contribution in [0.25, 0.3) is 0 Å². The van der Waals surface area contributed by atoms with Gasteiger partial charge in [0.05, 0.1) is 31.2 Å². The summed E-state index contributed by atoms with van der Waals surface area (Å²) in [4.78, 5) is 22.2. The van der Waals surface area contributed by atoms with E-state index < -0.39 is 10.0 Å². The highest BCUT2D eigenvalue weighted by Gasteiger charge is 2.41. The standard InChI is InChI=1S/C13H18N4O4S/c1-22(19,20)16-5-2-12-11(9-16)17(6-7-21-12)13(18)10-8-14-3-4-15-10/h3-4,8,11-12H,2,5-7,9H2,1H3/t11-,12-/m1/s1. The lowest BCUT2D eigenvalue weighted by Crippen LogP contribution is -2.62. The largest absolute Gasteiger partial charge is 0.374 e. The van der Waals surface area contributed by atoms with Crippen LogP contribution in [0.1, 0.15) is 16.9 Å². The third-order valence-corrected chi connectivity index (χ3v) is 5.33. The molecule has 22 heavy (non-hydrogen) atoms. The SMILES string of the molecule is CS(=O)(=O)N1CC[C@H]2OCCN(C(=O)c3cnccn3)[C@@H]2C1. The van der Waals surface area contributed by atoms with E-state index in [1.165, 1.54) is 29.2 Å². The smallest absolute Gasteiger partial charge is 0.274 e. The van der Waals surface area contributed by atoms with Crippen molar-refractivity contribution in [1.29, 1.82) is 0 Å². The molecule has 0 spiro atoms. The van der Waals surface area contributed by atoms with Crippen LogP contribution in [0, 0.1) is 0 Å². The van der Waals surface area contributed by atoms with Crippen molar-refractivity contribution in [3.8, 4) is 0 Å². The Hall–Kier alpha value is -1.58. The minimum atomic E-state index is -3.28. The van der Waals surface area contributed by atoms with E-state index in [2.05, 4.69) is 9.97 Å². The molecule has 2 atom stereocenters. The number of morpholine rings is 1. The van der Waals surface area contributed by atoms with E-state index in [0.717, 1.165) is 0 Å². The molecule has 1 aromatic heterocycles. The Morgan fingerprint density at radius 2 is 2.18 bits per heavy atom. The predicted molar refractivity (Wildman–Crippen MR) is 77.6 cm³/mol. The first kappa shape index (κ1) is 15.3. The zero-order valence-electron chi connectivity index (χ0n) is 12.3. The maximum absolute atomic E-state index is 12.6. The molecule has 0 radical (unpaired) electrons. The molecule has 8 nitrogen and oxygen atoms in total. The summed E-state index contributed by atoms with van der Waals surface area (Å²) in [5, 5.41) is 0. The van der Waals surface area contributed by atoms with Gasteiger partial charge in [0.2, 0.25) is 10.0 Å². The van der Waals surface area contributed by atoms with Crippen molar-refractivity contribution in [2.24, 2.45) is 0 Å². The Morgan fingerprint density at radius 1 is 1.36 bits per heavy atom. The Bertz CT molecular complexity index is 651. The quantitative estimate of drug-likeness (QED) is 0.717. The minimum Gasteiger partial charge on any atom is -0.374 e. The number of piperidine rings is 1. The fraction of sp³-hybridized carbons (Fsp3) is 0.615. The van der Waals surface area contributed by atoms with Crippen LogP contribution in [-0.2, 0) is 14.8 Å². The lowest BCUT2D eigenvalue weighted by Gasteiger charge is -2.46. The normalized spacial score (nSPS) is 26.5. The van der Waals surface area contributed by atoms with Crippen LogP contribution in [0.5, 0.6) is 0 Å². The summed E-state index contributed by atoms with van der Waals surface area (Å²) < 4.78 is 30.6. The van der Waals surface area contributed by atoms with Gasteiger partial charge in [0, 0.05) is 32.0 Å². The molecule has 0 aromatic carbocycles. The van der Waals surface area contributed by atoms with Crippen LogP contribution < -0.4 is 0 Å². The van der Waals surface area contributed by atoms with Gasteiger partial charge in [-0.2, -0.15) is 4.31 Å². The molecule has 9 heteroatoms. The highest BCUT2D eigenvalue weighted by Crippen LogP contribution is 2.25. The molecular formula is C13H18N4O4S. The number of carbonyl (C=O) groups excluding carboxylic acids is 1.